The van der Waals surface area contributed by atoms with Gasteiger partial charge >= 0.3 is 0 Å². The van der Waals surface area contributed by atoms with Crippen molar-refractivity contribution in [2.45, 2.75) is 63.0 Å². The first-order chi connectivity index (χ1) is 29.5. The van der Waals surface area contributed by atoms with E-state index >= 15 is 8.78 Å². The summed E-state index contributed by atoms with van der Waals surface area (Å²) < 4.78 is 53.9. The molecule has 4 aliphatic rings. The number of piperazine rings is 1. The number of imidazole rings is 1. The molecule has 312 valence electrons. The van der Waals surface area contributed by atoms with Gasteiger partial charge in [-0.25, -0.2) is 27.8 Å². The van der Waals surface area contributed by atoms with E-state index in [0.717, 1.165) is 12.1 Å². The molecule has 3 unspecified atom stereocenters. The number of pyridine rings is 1. The van der Waals surface area contributed by atoms with Gasteiger partial charge in [-0.3, -0.25) is 9.59 Å². The molecule has 5 atom stereocenters. The molecule has 6 bridgehead atoms. The number of fused-ring (bicyclic) bond motifs is 8. The van der Waals surface area contributed by atoms with Crippen LogP contribution in [0.2, 0.25) is 0 Å². The van der Waals surface area contributed by atoms with E-state index in [1.165, 1.54) is 29.1 Å². The van der Waals surface area contributed by atoms with E-state index < -0.39 is 35.6 Å². The van der Waals surface area contributed by atoms with Gasteiger partial charge in [-0.2, -0.15) is 20.3 Å². The molecule has 2 aromatic carbocycles. The van der Waals surface area contributed by atoms with Crippen molar-refractivity contribution in [1.29, 1.82) is 5.26 Å². The molecule has 0 saturated carbocycles. The molecule has 2 amide bonds. The van der Waals surface area contributed by atoms with Crippen molar-refractivity contribution >= 4 is 51.5 Å². The first-order valence-corrected chi connectivity index (χ1v) is 20.1. The Bertz CT molecular complexity index is 2810. The molecule has 4 aromatic heterocycles. The number of methoxy groups -OCH3 is 1. The summed E-state index contributed by atoms with van der Waals surface area (Å²) in [6, 6.07) is 11.7. The number of carbonyl (C=O) groups is 2. The quantitative estimate of drug-likeness (QED) is 0.255. The number of likely N-dealkylation sites (tertiary alicyclic amines) is 1. The Morgan fingerprint density at radius 2 is 1.79 bits per heavy atom. The lowest BCUT2D eigenvalue weighted by atomic mass is 9.87. The minimum absolute atomic E-state index is 0.0484. The second-order valence-electron chi connectivity index (χ2n) is 16.1. The SMILES string of the molecule is COC1CN(C)C(=O)[C@@H]2CC(CN2c2nc(N3C4C[C@@H]3C(=O)N(CCC#N)C4)nc3c2cnn3-c2ccc(F)cc2F)Nc2cccc(n2)-c2cc(F)cc3nc(C)n(c23)C1. The van der Waals surface area contributed by atoms with Crippen molar-refractivity contribution in [3.05, 3.63) is 78.0 Å². The van der Waals surface area contributed by atoms with Gasteiger partial charge in [0, 0.05) is 64.1 Å². The lowest BCUT2D eigenvalue weighted by Gasteiger charge is -2.55. The highest BCUT2D eigenvalue weighted by atomic mass is 19.1. The van der Waals surface area contributed by atoms with Crippen LogP contribution in [0, 0.1) is 35.7 Å². The Morgan fingerprint density at radius 3 is 2.57 bits per heavy atom. The number of benzene rings is 2. The standard InChI is InChI=1S/C42H40F3N13O3/c1-22-48-32-14-24(44)12-28-31-6-4-7-36(50-31)49-25-15-34(40(59)53(2)20-27(61-3)21-55(22)37(28)32)56(18-25)38-29-17-47-58(33-9-8-23(43)13-30(33)45)39(29)52-42(51-38)57-26-16-35(57)41(60)54(19-26)11-5-10-46/h4,6-9,12-14,17,25-27,34-35H,5,11,15-16,18-21H2,1-3H3,(H,49,50)/t25?,26?,27?,34-,35+/m0/s1. The maximum absolute atomic E-state index is 15.4. The van der Waals surface area contributed by atoms with Gasteiger partial charge < -0.3 is 34.2 Å². The van der Waals surface area contributed by atoms with Gasteiger partial charge in [0.15, 0.2) is 11.5 Å². The summed E-state index contributed by atoms with van der Waals surface area (Å²) in [7, 11) is 3.30. The van der Waals surface area contributed by atoms with E-state index in [0.29, 0.717) is 77.6 Å². The minimum Gasteiger partial charge on any atom is -0.378 e. The zero-order valence-electron chi connectivity index (χ0n) is 33.5. The number of amides is 2. The molecule has 0 spiro atoms. The third kappa shape index (κ3) is 6.43. The number of nitrogens with one attached hydrogen (secondary N) is 1. The summed E-state index contributed by atoms with van der Waals surface area (Å²) in [5.41, 5.74) is 2.43. The smallest absolute Gasteiger partial charge is 0.245 e. The number of hydrogen-bond donors (Lipinski definition) is 1. The van der Waals surface area contributed by atoms with Crippen LogP contribution < -0.4 is 15.1 Å². The molecule has 8 heterocycles. The van der Waals surface area contributed by atoms with Crippen molar-refractivity contribution in [2.75, 3.05) is 55.5 Å². The number of hydrogen-bond acceptors (Lipinski definition) is 12. The minimum atomic E-state index is -0.858. The number of aromatic nitrogens is 7. The zero-order valence-corrected chi connectivity index (χ0v) is 33.5. The summed E-state index contributed by atoms with van der Waals surface area (Å²) in [6.45, 7) is 3.30. The number of nitrogens with zero attached hydrogens (tertiary/aromatic N) is 12. The van der Waals surface area contributed by atoms with Crippen molar-refractivity contribution in [1.82, 2.24) is 44.1 Å². The number of carbonyl (C=O) groups excluding carboxylic acids is 2. The van der Waals surface area contributed by atoms with Crippen molar-refractivity contribution in [3.8, 4) is 23.0 Å². The third-order valence-corrected chi connectivity index (χ3v) is 12.3. The molecule has 3 saturated heterocycles. The van der Waals surface area contributed by atoms with Gasteiger partial charge in [0.1, 0.15) is 46.9 Å². The molecule has 3 fully saturated rings. The van der Waals surface area contributed by atoms with Crippen LogP contribution in [0.25, 0.3) is 39.0 Å². The molecule has 4 aliphatic heterocycles. The molecule has 0 aliphatic carbocycles. The van der Waals surface area contributed by atoms with Gasteiger partial charge in [-0.15, -0.1) is 0 Å². The van der Waals surface area contributed by atoms with E-state index in [1.54, 1.807) is 24.0 Å². The van der Waals surface area contributed by atoms with Crippen LogP contribution in [0.3, 0.4) is 0 Å². The van der Waals surface area contributed by atoms with E-state index in [9.17, 15) is 19.2 Å². The van der Waals surface area contributed by atoms with E-state index in [1.807, 2.05) is 39.5 Å². The number of likely N-dealkylation sites (N-methyl/N-ethyl adjacent to an activating group) is 1. The lowest BCUT2D eigenvalue weighted by molar-refractivity contribution is -0.140. The first kappa shape index (κ1) is 38.4. The molecule has 6 aromatic rings. The van der Waals surface area contributed by atoms with Crippen molar-refractivity contribution in [3.63, 3.8) is 0 Å². The van der Waals surface area contributed by atoms with Crippen LogP contribution in [0.4, 0.5) is 30.8 Å². The fourth-order valence-electron chi connectivity index (χ4n) is 9.39. The molecule has 19 heteroatoms. The molecule has 61 heavy (non-hydrogen) atoms. The van der Waals surface area contributed by atoms with E-state index in [-0.39, 0.29) is 60.7 Å². The predicted molar refractivity (Wildman–Crippen MR) is 217 cm³/mol. The monoisotopic (exact) mass is 831 g/mol. The molecule has 1 N–H and O–H groups in total. The molecule has 10 rings (SSSR count). The maximum atomic E-state index is 15.4. The van der Waals surface area contributed by atoms with E-state index in [4.69, 9.17) is 19.7 Å². The van der Waals surface area contributed by atoms with Gasteiger partial charge in [0.05, 0.1) is 59.5 Å². The van der Waals surface area contributed by atoms with Crippen LogP contribution in [0.1, 0.15) is 25.1 Å². The fourth-order valence-corrected chi connectivity index (χ4v) is 9.39. The summed E-state index contributed by atoms with van der Waals surface area (Å²) in [4.78, 5) is 55.1. The number of piperidine rings is 1. The van der Waals surface area contributed by atoms with Crippen molar-refractivity contribution < 1.29 is 27.5 Å². The average molecular weight is 832 g/mol. The van der Waals surface area contributed by atoms with Crippen LogP contribution >= 0.6 is 0 Å². The lowest BCUT2D eigenvalue weighted by Crippen LogP contribution is -2.72. The normalized spacial score (nSPS) is 22.6. The Labute approximate surface area is 347 Å². The Kier molecular flexibility index (Phi) is 9.27. The summed E-state index contributed by atoms with van der Waals surface area (Å²) >= 11 is 0. The van der Waals surface area contributed by atoms with Gasteiger partial charge in [0.2, 0.25) is 17.8 Å². The Morgan fingerprint density at radius 1 is 0.934 bits per heavy atom. The predicted octanol–water partition coefficient (Wildman–Crippen LogP) is 4.20. The van der Waals surface area contributed by atoms with Crippen LogP contribution in [0.5, 0.6) is 0 Å². The fraction of sp³-hybridized carbons (Fsp3) is 0.381. The topological polar surface area (TPSA) is 166 Å². The summed E-state index contributed by atoms with van der Waals surface area (Å²) in [6.07, 6.45) is 2.10. The van der Waals surface area contributed by atoms with Gasteiger partial charge in [0.25, 0.3) is 0 Å². The van der Waals surface area contributed by atoms with Crippen LogP contribution in [-0.4, -0.2) is 127 Å². The number of aryl methyl sites for hydroxylation is 1. The second kappa shape index (κ2) is 14.7. The number of anilines is 3. The Hall–Kier alpha value is -6.81. The summed E-state index contributed by atoms with van der Waals surface area (Å²) in [5, 5.41) is 17.6. The third-order valence-electron chi connectivity index (χ3n) is 12.3. The molecular formula is C42H40F3N13O3. The Balaban J connectivity index is 1.09. The highest BCUT2D eigenvalue weighted by Gasteiger charge is 2.52. The molecular weight excluding hydrogens is 792 g/mol. The van der Waals surface area contributed by atoms with E-state index in [2.05, 4.69) is 21.5 Å². The van der Waals surface area contributed by atoms with Crippen LogP contribution in [0.15, 0.2) is 54.7 Å². The van der Waals surface area contributed by atoms with Gasteiger partial charge in [-0.1, -0.05) is 6.07 Å². The number of ether oxygens (including phenoxy) is 1. The van der Waals surface area contributed by atoms with Crippen molar-refractivity contribution in [2.24, 2.45) is 0 Å². The zero-order chi connectivity index (χ0) is 42.3. The molecule has 0 radical (unpaired) electrons. The number of nitriles is 1. The summed E-state index contributed by atoms with van der Waals surface area (Å²) in [5.74, 6) is -0.726. The largest absolute Gasteiger partial charge is 0.378 e. The van der Waals surface area contributed by atoms with Gasteiger partial charge in [-0.05, 0) is 50.1 Å². The maximum Gasteiger partial charge on any atom is 0.245 e. The first-order valence-electron chi connectivity index (χ1n) is 20.1. The highest BCUT2D eigenvalue weighted by Crippen LogP contribution is 2.41. The van der Waals surface area contributed by atoms with Crippen LogP contribution in [-0.2, 0) is 20.9 Å². The molecule has 16 nitrogen and oxygen atoms in total. The second-order valence-corrected chi connectivity index (χ2v) is 16.1. The average Bonchev–Trinajstić information content (AvgIpc) is 3.93. The highest BCUT2D eigenvalue weighted by molar-refractivity contribution is 5.95. The number of halogens is 3. The number of rotatable bonds is 6.